The molecule has 0 saturated carbocycles. The summed E-state index contributed by atoms with van der Waals surface area (Å²) in [5.41, 5.74) is 6.52. The Morgan fingerprint density at radius 3 is 2.68 bits per heavy atom. The molecule has 3 aromatic rings. The first-order valence-corrected chi connectivity index (χ1v) is 8.80. The van der Waals surface area contributed by atoms with Crippen LogP contribution in [0.3, 0.4) is 0 Å². The summed E-state index contributed by atoms with van der Waals surface area (Å²) in [7, 11) is 1.49. The molecule has 3 rings (SSSR count). The lowest BCUT2D eigenvalue weighted by atomic mass is 10.1. The van der Waals surface area contributed by atoms with Crippen LogP contribution in [0.2, 0.25) is 5.02 Å². The van der Waals surface area contributed by atoms with Crippen molar-refractivity contribution in [1.82, 2.24) is 0 Å². The standard InChI is InChI=1S/C22H17ClN2O3/c1-27-20-11-14(9-17(12-24)22(25)26)10-19(23)21(20)28-13-16-7-4-6-15-5-2-3-8-18(15)16/h2-11H,13H2,1H3,(H2,25,26)/b17-9-. The SMILES string of the molecule is COc1cc(/C=C(/C#N)C(N)=O)cc(Cl)c1OCc1cccc2ccccc12. The third-order valence-corrected chi connectivity index (χ3v) is 4.48. The van der Waals surface area contributed by atoms with Gasteiger partial charge >= 0.3 is 0 Å². The highest BCUT2D eigenvalue weighted by Crippen LogP contribution is 2.38. The van der Waals surface area contributed by atoms with Crippen LogP contribution < -0.4 is 15.2 Å². The van der Waals surface area contributed by atoms with Gasteiger partial charge in [-0.2, -0.15) is 5.26 Å². The van der Waals surface area contributed by atoms with Crippen LogP contribution in [-0.2, 0) is 11.4 Å². The second kappa shape index (κ2) is 8.47. The van der Waals surface area contributed by atoms with Gasteiger partial charge in [0, 0.05) is 0 Å². The number of carbonyl (C=O) groups excluding carboxylic acids is 1. The molecule has 0 aliphatic heterocycles. The fraction of sp³-hybridized carbons (Fsp3) is 0.0909. The van der Waals surface area contributed by atoms with Crippen molar-refractivity contribution >= 4 is 34.4 Å². The van der Waals surface area contributed by atoms with Crippen molar-refractivity contribution in [3.8, 4) is 17.6 Å². The first-order valence-electron chi connectivity index (χ1n) is 8.42. The number of amides is 1. The molecule has 5 nitrogen and oxygen atoms in total. The molecule has 3 aromatic carbocycles. The van der Waals surface area contributed by atoms with E-state index in [2.05, 4.69) is 0 Å². The number of rotatable bonds is 6. The highest BCUT2D eigenvalue weighted by Gasteiger charge is 2.14. The molecular formula is C22H17ClN2O3. The zero-order chi connectivity index (χ0) is 20.1. The van der Waals surface area contributed by atoms with Gasteiger partial charge in [0.05, 0.1) is 12.1 Å². The van der Waals surface area contributed by atoms with E-state index in [1.165, 1.54) is 13.2 Å². The second-order valence-electron chi connectivity index (χ2n) is 6.00. The summed E-state index contributed by atoms with van der Waals surface area (Å²) in [5.74, 6) is -0.0403. The maximum absolute atomic E-state index is 11.3. The van der Waals surface area contributed by atoms with Gasteiger partial charge in [0.25, 0.3) is 5.91 Å². The Balaban J connectivity index is 1.92. The van der Waals surface area contributed by atoms with Crippen LogP contribution >= 0.6 is 11.6 Å². The Morgan fingerprint density at radius 1 is 1.21 bits per heavy atom. The number of nitrogens with zero attached hydrogens (tertiary/aromatic N) is 1. The Labute approximate surface area is 167 Å². The zero-order valence-electron chi connectivity index (χ0n) is 15.1. The minimum Gasteiger partial charge on any atom is -0.493 e. The van der Waals surface area contributed by atoms with Crippen molar-refractivity contribution in [3.05, 3.63) is 76.3 Å². The molecule has 0 spiro atoms. The van der Waals surface area contributed by atoms with E-state index in [0.717, 1.165) is 16.3 Å². The Morgan fingerprint density at radius 2 is 1.96 bits per heavy atom. The Hall–Kier alpha value is -3.49. The summed E-state index contributed by atoms with van der Waals surface area (Å²) in [6.45, 7) is 0.303. The molecule has 28 heavy (non-hydrogen) atoms. The first kappa shape index (κ1) is 19.3. The molecule has 0 atom stereocenters. The number of hydrogen-bond acceptors (Lipinski definition) is 4. The summed E-state index contributed by atoms with van der Waals surface area (Å²) < 4.78 is 11.3. The summed E-state index contributed by atoms with van der Waals surface area (Å²) in [5, 5.41) is 11.5. The molecule has 0 saturated heterocycles. The van der Waals surface area contributed by atoms with Crippen LogP contribution in [-0.4, -0.2) is 13.0 Å². The molecule has 6 heteroatoms. The van der Waals surface area contributed by atoms with E-state index in [4.69, 9.17) is 32.1 Å². The van der Waals surface area contributed by atoms with E-state index in [9.17, 15) is 4.79 Å². The van der Waals surface area contributed by atoms with Crippen molar-refractivity contribution in [2.75, 3.05) is 7.11 Å². The maximum Gasteiger partial charge on any atom is 0.259 e. The van der Waals surface area contributed by atoms with Gasteiger partial charge in [-0.05, 0) is 40.1 Å². The minimum atomic E-state index is -0.811. The molecule has 0 radical (unpaired) electrons. The zero-order valence-corrected chi connectivity index (χ0v) is 15.9. The van der Waals surface area contributed by atoms with Gasteiger partial charge in [-0.3, -0.25) is 4.79 Å². The van der Waals surface area contributed by atoms with Gasteiger partial charge in [0.15, 0.2) is 11.5 Å². The normalized spacial score (nSPS) is 11.1. The molecular weight excluding hydrogens is 376 g/mol. The molecule has 1 amide bonds. The van der Waals surface area contributed by atoms with Gasteiger partial charge in [-0.1, -0.05) is 54.1 Å². The number of methoxy groups -OCH3 is 1. The van der Waals surface area contributed by atoms with Crippen LogP contribution in [0.15, 0.2) is 60.2 Å². The lowest BCUT2D eigenvalue weighted by Gasteiger charge is -2.14. The number of nitrogens with two attached hydrogens (primary N) is 1. The highest BCUT2D eigenvalue weighted by molar-refractivity contribution is 6.32. The average Bonchev–Trinajstić information content (AvgIpc) is 2.70. The number of hydrogen-bond donors (Lipinski definition) is 1. The van der Waals surface area contributed by atoms with Crippen molar-refractivity contribution in [3.63, 3.8) is 0 Å². The quantitative estimate of drug-likeness (QED) is 0.495. The summed E-state index contributed by atoms with van der Waals surface area (Å²) >= 11 is 6.37. The number of benzene rings is 3. The number of halogens is 1. The van der Waals surface area contributed by atoms with Gasteiger partial charge in [0.2, 0.25) is 0 Å². The smallest absolute Gasteiger partial charge is 0.259 e. The molecule has 0 aliphatic rings. The van der Waals surface area contributed by atoms with Gasteiger partial charge in [-0.25, -0.2) is 0 Å². The van der Waals surface area contributed by atoms with E-state index in [1.54, 1.807) is 18.2 Å². The second-order valence-corrected chi connectivity index (χ2v) is 6.40. The molecule has 0 aromatic heterocycles. The van der Waals surface area contributed by atoms with E-state index in [-0.39, 0.29) is 5.57 Å². The van der Waals surface area contributed by atoms with Gasteiger partial charge in [0.1, 0.15) is 18.2 Å². The molecule has 0 heterocycles. The average molecular weight is 393 g/mol. The van der Waals surface area contributed by atoms with E-state index in [0.29, 0.717) is 28.7 Å². The van der Waals surface area contributed by atoms with Gasteiger partial charge < -0.3 is 15.2 Å². The third-order valence-electron chi connectivity index (χ3n) is 4.20. The number of nitriles is 1. The van der Waals surface area contributed by atoms with E-state index >= 15 is 0 Å². The Bertz CT molecular complexity index is 1110. The molecule has 0 bridgehead atoms. The maximum atomic E-state index is 11.3. The fourth-order valence-corrected chi connectivity index (χ4v) is 3.13. The van der Waals surface area contributed by atoms with Crippen LogP contribution in [0.4, 0.5) is 0 Å². The Kier molecular flexibility index (Phi) is 5.83. The van der Waals surface area contributed by atoms with Crippen LogP contribution in [0.5, 0.6) is 11.5 Å². The van der Waals surface area contributed by atoms with Crippen LogP contribution in [0.25, 0.3) is 16.8 Å². The summed E-state index contributed by atoms with van der Waals surface area (Å²) in [6, 6.07) is 19.0. The predicted octanol–water partition coefficient (Wildman–Crippen LogP) is 4.47. The van der Waals surface area contributed by atoms with Crippen molar-refractivity contribution in [2.45, 2.75) is 6.61 Å². The highest BCUT2D eigenvalue weighted by atomic mass is 35.5. The molecule has 2 N–H and O–H groups in total. The van der Waals surface area contributed by atoms with Gasteiger partial charge in [-0.15, -0.1) is 0 Å². The largest absolute Gasteiger partial charge is 0.493 e. The monoisotopic (exact) mass is 392 g/mol. The predicted molar refractivity (Wildman–Crippen MR) is 109 cm³/mol. The molecule has 0 fully saturated rings. The number of carbonyl (C=O) groups is 1. The van der Waals surface area contributed by atoms with E-state index < -0.39 is 5.91 Å². The summed E-state index contributed by atoms with van der Waals surface area (Å²) in [6.07, 6.45) is 1.35. The number of ether oxygens (including phenoxy) is 2. The minimum absolute atomic E-state index is 0.178. The number of primary amides is 1. The summed E-state index contributed by atoms with van der Waals surface area (Å²) in [4.78, 5) is 11.3. The fourth-order valence-electron chi connectivity index (χ4n) is 2.86. The lowest BCUT2D eigenvalue weighted by molar-refractivity contribution is -0.114. The van der Waals surface area contributed by atoms with Crippen molar-refractivity contribution < 1.29 is 14.3 Å². The molecule has 140 valence electrons. The topological polar surface area (TPSA) is 85.3 Å². The lowest BCUT2D eigenvalue weighted by Crippen LogP contribution is -2.12. The van der Waals surface area contributed by atoms with Crippen LogP contribution in [0, 0.1) is 11.3 Å². The van der Waals surface area contributed by atoms with Crippen LogP contribution in [0.1, 0.15) is 11.1 Å². The van der Waals surface area contributed by atoms with E-state index in [1.807, 2.05) is 42.5 Å². The molecule has 0 unspecified atom stereocenters. The van der Waals surface area contributed by atoms with Crippen molar-refractivity contribution in [1.29, 1.82) is 5.26 Å². The first-order chi connectivity index (χ1) is 13.5. The van der Waals surface area contributed by atoms with Crippen molar-refractivity contribution in [2.24, 2.45) is 5.73 Å². The molecule has 0 aliphatic carbocycles. The third kappa shape index (κ3) is 4.08. The number of fused-ring (bicyclic) bond motifs is 1.